The summed E-state index contributed by atoms with van der Waals surface area (Å²) in [7, 11) is -0.919. The molecule has 3 amide bonds. The molecule has 0 saturated carbocycles. The van der Waals surface area contributed by atoms with E-state index in [1.165, 1.54) is 11.1 Å². The van der Waals surface area contributed by atoms with Gasteiger partial charge in [0.1, 0.15) is 29.5 Å². The summed E-state index contributed by atoms with van der Waals surface area (Å²) in [5.74, 6) is 0.987. The molecule has 7 rings (SSSR count). The second-order valence-corrected chi connectivity index (χ2v) is 17.9. The molecular weight excluding hydrogens is 746 g/mol. The number of methoxy groups -OCH3 is 1. The monoisotopic (exact) mass is 790 g/mol. The van der Waals surface area contributed by atoms with Crippen LogP contribution in [0.4, 0.5) is 43.8 Å². The number of para-hydroxylation sites is 1. The molecule has 0 spiro atoms. The van der Waals surface area contributed by atoms with Gasteiger partial charge in [-0.2, -0.15) is 4.98 Å². The number of piperazine rings is 1. The molecule has 17 heteroatoms. The van der Waals surface area contributed by atoms with Crippen LogP contribution in [0, 0.1) is 5.82 Å². The molecule has 2 aromatic carbocycles. The van der Waals surface area contributed by atoms with Crippen molar-refractivity contribution in [3.63, 3.8) is 0 Å². The van der Waals surface area contributed by atoms with Crippen molar-refractivity contribution >= 4 is 70.6 Å². The zero-order chi connectivity index (χ0) is 38.7. The van der Waals surface area contributed by atoms with Crippen LogP contribution in [0.3, 0.4) is 0 Å². The molecule has 55 heavy (non-hydrogen) atoms. The quantitative estimate of drug-likeness (QED) is 0.162. The smallest absolute Gasteiger partial charge is 0.329 e. The van der Waals surface area contributed by atoms with Gasteiger partial charge in [-0.1, -0.05) is 23.7 Å². The van der Waals surface area contributed by atoms with Gasteiger partial charge in [-0.3, -0.25) is 24.8 Å². The Morgan fingerprint density at radius 3 is 2.44 bits per heavy atom. The largest absolute Gasteiger partial charge is 0.494 e. The Morgan fingerprint density at radius 2 is 1.71 bits per heavy atom. The van der Waals surface area contributed by atoms with Gasteiger partial charge < -0.3 is 24.8 Å². The molecule has 3 aliphatic heterocycles. The molecule has 0 atom stereocenters. The number of nitrogens with one attached hydrogen (secondary N) is 3. The van der Waals surface area contributed by atoms with Gasteiger partial charge in [-0.25, -0.2) is 19.2 Å². The number of benzene rings is 2. The fourth-order valence-corrected chi connectivity index (χ4v) is 8.62. The van der Waals surface area contributed by atoms with Crippen LogP contribution in [0.1, 0.15) is 24.8 Å². The first-order valence-electron chi connectivity index (χ1n) is 18.3. The van der Waals surface area contributed by atoms with Crippen LogP contribution in [0.25, 0.3) is 0 Å². The summed E-state index contributed by atoms with van der Waals surface area (Å²) in [5, 5.41) is 9.83. The van der Waals surface area contributed by atoms with E-state index in [0.29, 0.717) is 63.2 Å². The average molecular weight is 791 g/mol. The van der Waals surface area contributed by atoms with E-state index in [4.69, 9.17) is 16.3 Å². The predicted octanol–water partition coefficient (Wildman–Crippen LogP) is 5.64. The normalized spacial score (nSPS) is 17.6. The summed E-state index contributed by atoms with van der Waals surface area (Å²) < 4.78 is 33.5. The number of hydrogen-bond acceptors (Lipinski definition) is 12. The van der Waals surface area contributed by atoms with Crippen LogP contribution in [0.15, 0.2) is 60.9 Å². The van der Waals surface area contributed by atoms with Crippen LogP contribution in [0.2, 0.25) is 5.02 Å². The number of halogens is 2. The van der Waals surface area contributed by atoms with Crippen molar-refractivity contribution in [3.8, 4) is 5.75 Å². The van der Waals surface area contributed by atoms with Gasteiger partial charge in [-0.05, 0) is 56.5 Å². The van der Waals surface area contributed by atoms with E-state index in [1.807, 2.05) is 36.4 Å². The van der Waals surface area contributed by atoms with Crippen molar-refractivity contribution in [2.24, 2.45) is 0 Å². The van der Waals surface area contributed by atoms with Crippen LogP contribution in [0.5, 0.6) is 5.75 Å². The molecule has 0 bridgehead atoms. The van der Waals surface area contributed by atoms with Crippen molar-refractivity contribution in [1.82, 2.24) is 30.1 Å². The molecule has 3 saturated heterocycles. The molecule has 0 unspecified atom stereocenters. The third-order valence-electron chi connectivity index (χ3n) is 10.3. The molecule has 5 heterocycles. The van der Waals surface area contributed by atoms with Gasteiger partial charge in [0.2, 0.25) is 11.9 Å². The molecule has 3 aliphatic rings. The Balaban J connectivity index is 0.922. The first-order valence-corrected chi connectivity index (χ1v) is 21.3. The third kappa shape index (κ3) is 9.02. The lowest BCUT2D eigenvalue weighted by Crippen LogP contribution is -2.53. The number of pyridine rings is 1. The number of aromatic nitrogens is 3. The average Bonchev–Trinajstić information content (AvgIpc) is 3.17. The summed E-state index contributed by atoms with van der Waals surface area (Å²) >= 11 is 6.46. The van der Waals surface area contributed by atoms with Gasteiger partial charge in [0, 0.05) is 87.4 Å². The number of carbonyl (C=O) groups is 2. The molecule has 3 N–H and O–H groups in total. The molecule has 0 aliphatic carbocycles. The number of anilines is 6. The Hall–Kier alpha value is -4.82. The van der Waals surface area contributed by atoms with E-state index in [2.05, 4.69) is 51.7 Å². The minimum absolute atomic E-state index is 0.183. The number of carbonyl (C=O) groups excluding carboxylic acids is 2. The van der Waals surface area contributed by atoms with Crippen molar-refractivity contribution in [2.75, 3.05) is 86.7 Å². The molecular formula is C38H45ClFN10O4P. The Morgan fingerprint density at radius 1 is 0.945 bits per heavy atom. The molecule has 4 aromatic rings. The molecule has 2 aromatic heterocycles. The van der Waals surface area contributed by atoms with Crippen molar-refractivity contribution < 1.29 is 23.3 Å². The highest BCUT2D eigenvalue weighted by Gasteiger charge is 2.30. The van der Waals surface area contributed by atoms with Crippen LogP contribution in [-0.4, -0.2) is 109 Å². The van der Waals surface area contributed by atoms with Crippen molar-refractivity contribution in [3.05, 3.63) is 77.3 Å². The fraction of sp³-hybridized carbons (Fsp3) is 0.395. The fourth-order valence-electron chi connectivity index (χ4n) is 7.33. The second-order valence-electron chi connectivity index (χ2n) is 14.3. The summed E-state index contributed by atoms with van der Waals surface area (Å²) in [6, 6.07) is 15.0. The van der Waals surface area contributed by atoms with Gasteiger partial charge in [0.15, 0.2) is 5.82 Å². The maximum atomic E-state index is 14.8. The zero-order valence-corrected chi connectivity index (χ0v) is 32.7. The van der Waals surface area contributed by atoms with Gasteiger partial charge >= 0.3 is 6.03 Å². The Bertz CT molecular complexity index is 2110. The lowest BCUT2D eigenvalue weighted by molar-refractivity contribution is -0.120. The Kier molecular flexibility index (Phi) is 11.5. The number of amides is 3. The lowest BCUT2D eigenvalue weighted by Gasteiger charge is -2.43. The standard InChI is InChI=1S/C38H45ClFN10O4P/c1-54-32-21-27(8-9-30(32)44-37-42-22-28(39)36(46-37)43-31-6-4-5-7-33(31)55(2,3)53)48-13-10-26(11-14-48)49-18-16-47(17-19-49)24-25-20-34(41-23-29(25)40)50-15-12-35(51)45-38(50)52/h4-9,20-23,26H,10-19,24H2,1-3H3,(H,45,51,52)(H2,42,43,44,46). The number of imide groups is 1. The summed E-state index contributed by atoms with van der Waals surface area (Å²) in [5.41, 5.74) is 2.93. The molecule has 290 valence electrons. The number of piperidine rings is 1. The van der Waals surface area contributed by atoms with Crippen molar-refractivity contribution in [1.29, 1.82) is 0 Å². The molecule has 3 fully saturated rings. The topological polar surface area (TPSA) is 148 Å². The minimum Gasteiger partial charge on any atom is -0.494 e. The van der Waals surface area contributed by atoms with E-state index in [1.54, 1.807) is 26.5 Å². The highest BCUT2D eigenvalue weighted by Crippen LogP contribution is 2.39. The lowest BCUT2D eigenvalue weighted by atomic mass is 10.0. The number of rotatable bonds is 11. The van der Waals surface area contributed by atoms with Gasteiger partial charge in [0.05, 0.1) is 30.9 Å². The van der Waals surface area contributed by atoms with E-state index < -0.39 is 19.0 Å². The number of ether oxygens (including phenoxy) is 1. The maximum absolute atomic E-state index is 14.8. The second kappa shape index (κ2) is 16.5. The SMILES string of the molecule is COc1cc(N2CCC(N3CCN(Cc4cc(N5CCC(=O)NC5=O)ncc4F)CC3)CC2)ccc1Nc1ncc(Cl)c(Nc2ccccc2P(C)(C)=O)n1. The van der Waals surface area contributed by atoms with E-state index in [9.17, 15) is 18.5 Å². The zero-order valence-electron chi connectivity index (χ0n) is 31.1. The van der Waals surface area contributed by atoms with E-state index in [-0.39, 0.29) is 18.9 Å². The minimum atomic E-state index is -2.55. The Labute approximate surface area is 324 Å². The van der Waals surface area contributed by atoms with Crippen LogP contribution in [-0.2, 0) is 15.9 Å². The van der Waals surface area contributed by atoms with Crippen molar-refractivity contribution in [2.45, 2.75) is 31.8 Å². The number of nitrogens with zero attached hydrogens (tertiary/aromatic N) is 7. The summed E-state index contributed by atoms with van der Waals surface area (Å²) in [6.45, 7) is 9.30. The highest BCUT2D eigenvalue weighted by atomic mass is 35.5. The number of urea groups is 1. The highest BCUT2D eigenvalue weighted by molar-refractivity contribution is 7.70. The molecule has 0 radical (unpaired) electrons. The first-order chi connectivity index (χ1) is 26.4. The van der Waals surface area contributed by atoms with E-state index >= 15 is 0 Å². The first kappa shape index (κ1) is 38.5. The predicted molar refractivity (Wildman–Crippen MR) is 214 cm³/mol. The van der Waals surface area contributed by atoms with E-state index in [0.717, 1.165) is 64.0 Å². The summed E-state index contributed by atoms with van der Waals surface area (Å²) in [6.07, 6.45) is 4.90. The maximum Gasteiger partial charge on any atom is 0.329 e. The summed E-state index contributed by atoms with van der Waals surface area (Å²) in [4.78, 5) is 45.5. The number of hydrogen-bond donors (Lipinski definition) is 3. The van der Waals surface area contributed by atoms with Gasteiger partial charge in [0.25, 0.3) is 0 Å². The third-order valence-corrected chi connectivity index (χ3v) is 12.1. The van der Waals surface area contributed by atoms with Gasteiger partial charge in [-0.15, -0.1) is 0 Å². The van der Waals surface area contributed by atoms with Crippen LogP contribution < -0.4 is 35.8 Å². The van der Waals surface area contributed by atoms with Crippen LogP contribution >= 0.6 is 18.7 Å². The molecule has 14 nitrogen and oxygen atoms in total.